The quantitative estimate of drug-likeness (QED) is 0.359. The number of phenols is 3. The maximum absolute atomic E-state index is 11.1. The minimum atomic E-state index is -0.145. The summed E-state index contributed by atoms with van der Waals surface area (Å²) < 4.78 is 16.8. The van der Waals surface area contributed by atoms with E-state index in [1.54, 1.807) is 54.9 Å². The second kappa shape index (κ2) is 9.58. The number of benzene rings is 3. The molecule has 0 fully saturated rings. The van der Waals surface area contributed by atoms with Gasteiger partial charge in [0.05, 0.1) is 31.2 Å². The molecule has 34 heavy (non-hydrogen) atoms. The van der Waals surface area contributed by atoms with Gasteiger partial charge < -0.3 is 29.5 Å². The van der Waals surface area contributed by atoms with Gasteiger partial charge in [-0.3, -0.25) is 9.97 Å². The van der Waals surface area contributed by atoms with E-state index in [9.17, 15) is 15.3 Å². The molecule has 1 heterocycles. The molecule has 0 saturated carbocycles. The number of hydrogen-bond acceptors (Lipinski definition) is 8. The first-order chi connectivity index (χ1) is 16.4. The van der Waals surface area contributed by atoms with E-state index in [4.69, 9.17) is 14.2 Å². The Balaban J connectivity index is 1.71. The smallest absolute Gasteiger partial charge is 0.170 e. The highest BCUT2D eigenvalue weighted by atomic mass is 16.5. The third kappa shape index (κ3) is 4.38. The zero-order chi connectivity index (χ0) is 24.2. The number of rotatable bonds is 7. The van der Waals surface area contributed by atoms with Crippen molar-refractivity contribution in [2.45, 2.75) is 13.5 Å². The van der Waals surface area contributed by atoms with Crippen molar-refractivity contribution in [1.82, 2.24) is 9.97 Å². The van der Waals surface area contributed by atoms with Gasteiger partial charge in [0.2, 0.25) is 0 Å². The summed E-state index contributed by atoms with van der Waals surface area (Å²) in [6.07, 6.45) is 3.19. The molecule has 8 heteroatoms. The largest absolute Gasteiger partial charge is 0.508 e. The first-order valence-corrected chi connectivity index (χ1v) is 10.4. The average molecular weight is 460 g/mol. The topological polar surface area (TPSA) is 114 Å². The Kier molecular flexibility index (Phi) is 6.40. The molecule has 0 bridgehead atoms. The lowest BCUT2D eigenvalue weighted by molar-refractivity contribution is 0.283. The van der Waals surface area contributed by atoms with Crippen molar-refractivity contribution >= 4 is 0 Å². The number of aromatic hydroxyl groups is 3. The van der Waals surface area contributed by atoms with Crippen LogP contribution in [0.2, 0.25) is 0 Å². The highest BCUT2D eigenvalue weighted by Gasteiger charge is 2.22. The predicted octanol–water partition coefficient (Wildman–Crippen LogP) is 4.83. The third-order valence-corrected chi connectivity index (χ3v) is 5.42. The van der Waals surface area contributed by atoms with E-state index in [1.165, 1.54) is 20.3 Å². The van der Waals surface area contributed by atoms with Crippen LogP contribution in [0.4, 0.5) is 0 Å². The highest BCUT2D eigenvalue weighted by molar-refractivity contribution is 5.88. The minimum Gasteiger partial charge on any atom is -0.508 e. The summed E-state index contributed by atoms with van der Waals surface area (Å²) in [5.74, 6) is 0.752. The van der Waals surface area contributed by atoms with Crippen molar-refractivity contribution < 1.29 is 29.5 Å². The lowest BCUT2D eigenvalue weighted by Crippen LogP contribution is -2.02. The molecule has 0 atom stereocenters. The molecule has 0 radical (unpaired) electrons. The van der Waals surface area contributed by atoms with Gasteiger partial charge >= 0.3 is 0 Å². The molecule has 8 nitrogen and oxygen atoms in total. The van der Waals surface area contributed by atoms with Crippen LogP contribution in [0.5, 0.6) is 34.5 Å². The van der Waals surface area contributed by atoms with E-state index >= 15 is 0 Å². The Morgan fingerprint density at radius 3 is 2.15 bits per heavy atom. The van der Waals surface area contributed by atoms with Gasteiger partial charge in [-0.1, -0.05) is 18.2 Å². The van der Waals surface area contributed by atoms with E-state index in [1.807, 2.05) is 6.92 Å². The number of ether oxygens (including phenoxy) is 3. The molecule has 0 aliphatic carbocycles. The van der Waals surface area contributed by atoms with E-state index in [-0.39, 0.29) is 35.4 Å². The summed E-state index contributed by atoms with van der Waals surface area (Å²) in [7, 11) is 2.95. The lowest BCUT2D eigenvalue weighted by Gasteiger charge is -2.18. The van der Waals surface area contributed by atoms with Crippen molar-refractivity contribution in [3.63, 3.8) is 0 Å². The Morgan fingerprint density at radius 2 is 1.50 bits per heavy atom. The molecule has 4 rings (SSSR count). The molecule has 0 amide bonds. The van der Waals surface area contributed by atoms with Crippen LogP contribution in [-0.2, 0) is 6.61 Å². The van der Waals surface area contributed by atoms with Crippen LogP contribution in [0.3, 0.4) is 0 Å². The van der Waals surface area contributed by atoms with Crippen LogP contribution < -0.4 is 14.2 Å². The number of methoxy groups -OCH3 is 2. The highest BCUT2D eigenvalue weighted by Crippen LogP contribution is 2.50. The Labute approximate surface area is 196 Å². The lowest BCUT2D eigenvalue weighted by atomic mass is 9.96. The maximum Gasteiger partial charge on any atom is 0.170 e. The van der Waals surface area contributed by atoms with Crippen LogP contribution >= 0.6 is 0 Å². The average Bonchev–Trinajstić information content (AvgIpc) is 2.84. The van der Waals surface area contributed by atoms with E-state index < -0.39 is 0 Å². The molecule has 3 N–H and O–H groups in total. The SMILES string of the molecule is COc1cc(-c2ccc(O)cc2)c(OC)c(O)c1-c1ccc(OCc2nccnc2C)c(O)c1. The summed E-state index contributed by atoms with van der Waals surface area (Å²) >= 11 is 0. The van der Waals surface area contributed by atoms with Crippen molar-refractivity contribution in [2.24, 2.45) is 0 Å². The monoisotopic (exact) mass is 460 g/mol. The molecule has 0 aliphatic rings. The fourth-order valence-electron chi connectivity index (χ4n) is 3.65. The van der Waals surface area contributed by atoms with E-state index in [0.29, 0.717) is 28.1 Å². The van der Waals surface area contributed by atoms with Crippen molar-refractivity contribution in [3.05, 3.63) is 72.3 Å². The Bertz CT molecular complexity index is 1320. The molecule has 1 aromatic heterocycles. The van der Waals surface area contributed by atoms with Gasteiger partial charge in [0.25, 0.3) is 0 Å². The van der Waals surface area contributed by atoms with Gasteiger partial charge in [-0.2, -0.15) is 0 Å². The van der Waals surface area contributed by atoms with E-state index in [0.717, 1.165) is 11.3 Å². The molecule has 0 spiro atoms. The van der Waals surface area contributed by atoms with Crippen LogP contribution in [0.1, 0.15) is 11.4 Å². The molecule has 0 aliphatic heterocycles. The van der Waals surface area contributed by atoms with Crippen LogP contribution in [0, 0.1) is 6.92 Å². The molecule has 174 valence electrons. The number of nitrogens with zero attached hydrogens (tertiary/aromatic N) is 2. The van der Waals surface area contributed by atoms with Crippen LogP contribution in [-0.4, -0.2) is 39.5 Å². The van der Waals surface area contributed by atoms with Crippen molar-refractivity contribution in [1.29, 1.82) is 0 Å². The summed E-state index contributed by atoms with van der Waals surface area (Å²) in [4.78, 5) is 8.41. The zero-order valence-electron chi connectivity index (χ0n) is 18.9. The fraction of sp³-hybridized carbons (Fsp3) is 0.154. The van der Waals surface area contributed by atoms with Gasteiger partial charge in [-0.15, -0.1) is 0 Å². The van der Waals surface area contributed by atoms with E-state index in [2.05, 4.69) is 9.97 Å². The molecular weight excluding hydrogens is 436 g/mol. The van der Waals surface area contributed by atoms with Gasteiger partial charge in [0, 0.05) is 18.0 Å². The van der Waals surface area contributed by atoms with Crippen molar-refractivity contribution in [3.8, 4) is 56.8 Å². The summed E-state index contributed by atoms with van der Waals surface area (Å²) in [5.41, 5.74) is 3.58. The first kappa shape index (κ1) is 22.7. The zero-order valence-corrected chi connectivity index (χ0v) is 18.9. The molecule has 0 unspecified atom stereocenters. The molecular formula is C26H24N2O6. The van der Waals surface area contributed by atoms with Gasteiger partial charge in [-0.05, 0) is 48.4 Å². The van der Waals surface area contributed by atoms with Gasteiger partial charge in [-0.25, -0.2) is 0 Å². The summed E-state index contributed by atoms with van der Waals surface area (Å²) in [5, 5.41) is 31.3. The number of phenolic OH excluding ortho intramolecular Hbond substituents is 3. The maximum atomic E-state index is 11.1. The summed E-state index contributed by atoms with van der Waals surface area (Å²) in [6.45, 7) is 1.98. The predicted molar refractivity (Wildman–Crippen MR) is 127 cm³/mol. The second-order valence-electron chi connectivity index (χ2n) is 7.49. The minimum absolute atomic E-state index is 0.109. The molecule has 3 aromatic carbocycles. The molecule has 4 aromatic rings. The Morgan fingerprint density at radius 1 is 0.794 bits per heavy atom. The number of aryl methyl sites for hydroxylation is 1. The fourth-order valence-corrected chi connectivity index (χ4v) is 3.65. The Hall–Kier alpha value is -4.46. The van der Waals surface area contributed by atoms with Crippen LogP contribution in [0.25, 0.3) is 22.3 Å². The van der Waals surface area contributed by atoms with Gasteiger partial charge in [0.1, 0.15) is 18.1 Å². The number of aromatic nitrogens is 2. The van der Waals surface area contributed by atoms with Crippen LogP contribution in [0.15, 0.2) is 60.9 Å². The first-order valence-electron chi connectivity index (χ1n) is 10.4. The standard InChI is InChI=1S/C26H24N2O6/c1-15-20(28-11-10-27-15)14-34-22-9-6-17(12-21(22)30)24-23(32-2)13-19(26(33-3)25(24)31)16-4-7-18(29)8-5-16/h4-13,29-31H,14H2,1-3H3. The normalized spacial score (nSPS) is 10.7. The van der Waals surface area contributed by atoms with Crippen molar-refractivity contribution in [2.75, 3.05) is 14.2 Å². The van der Waals surface area contributed by atoms with Gasteiger partial charge in [0.15, 0.2) is 23.0 Å². The third-order valence-electron chi connectivity index (χ3n) is 5.42. The number of hydrogen-bond donors (Lipinski definition) is 3. The summed E-state index contributed by atoms with van der Waals surface area (Å²) in [6, 6.07) is 13.0. The molecule has 0 saturated heterocycles. The second-order valence-corrected chi connectivity index (χ2v) is 7.49.